The molecule has 0 spiro atoms. The number of carboxylic acids is 1. The lowest BCUT2D eigenvalue weighted by Gasteiger charge is -2.25. The largest absolute Gasteiger partial charge is 0.496 e. The number of rotatable bonds is 9. The van der Waals surface area contributed by atoms with Crippen LogP contribution in [0.1, 0.15) is 42.9 Å². The number of ether oxygens (including phenoxy) is 1. The lowest BCUT2D eigenvalue weighted by atomic mass is 9.97. The Kier molecular flexibility index (Phi) is 9.06. The van der Waals surface area contributed by atoms with Crippen LogP contribution < -0.4 is 20.8 Å². The maximum absolute atomic E-state index is 13.4. The number of aromatic carboxylic acids is 1. The number of aliphatic hydroxyl groups excluding tert-OH is 1. The van der Waals surface area contributed by atoms with Gasteiger partial charge in [0, 0.05) is 52.5 Å². The summed E-state index contributed by atoms with van der Waals surface area (Å²) in [7, 11) is 1.36. The van der Waals surface area contributed by atoms with E-state index in [0.717, 1.165) is 5.38 Å². The zero-order chi connectivity index (χ0) is 31.6. The normalized spacial score (nSPS) is 12.4. The van der Waals surface area contributed by atoms with Crippen LogP contribution in [0, 0.1) is 5.92 Å². The van der Waals surface area contributed by atoms with Gasteiger partial charge in [-0.1, -0.05) is 13.8 Å². The minimum absolute atomic E-state index is 0.0199. The van der Waals surface area contributed by atoms with Crippen LogP contribution >= 0.6 is 11.3 Å². The lowest BCUT2D eigenvalue weighted by Crippen LogP contribution is -2.28. The van der Waals surface area contributed by atoms with Crippen LogP contribution in [0.2, 0.25) is 0 Å². The van der Waals surface area contributed by atoms with Crippen molar-refractivity contribution in [2.75, 3.05) is 25.6 Å². The number of hydrogen-bond donors (Lipinski definition) is 4. The first-order chi connectivity index (χ1) is 20.3. The van der Waals surface area contributed by atoms with Crippen LogP contribution in [-0.2, 0) is 6.18 Å². The molecule has 43 heavy (non-hydrogen) atoms. The molecule has 0 aliphatic heterocycles. The second-order valence-electron chi connectivity index (χ2n) is 9.78. The Hall–Kier alpha value is -4.50. The Morgan fingerprint density at radius 1 is 1.16 bits per heavy atom. The molecule has 3 heterocycles. The molecule has 0 fully saturated rings. The topological polar surface area (TPSA) is 156 Å². The Morgan fingerprint density at radius 3 is 2.44 bits per heavy atom. The molecule has 3 aromatic heterocycles. The van der Waals surface area contributed by atoms with E-state index in [0.29, 0.717) is 17.9 Å². The fourth-order valence-electron chi connectivity index (χ4n) is 4.57. The first-order valence-electron chi connectivity index (χ1n) is 13.0. The highest BCUT2D eigenvalue weighted by atomic mass is 32.1. The van der Waals surface area contributed by atoms with Gasteiger partial charge in [0.25, 0.3) is 0 Å². The Balaban J connectivity index is 2.05. The number of alkyl halides is 3. The molecule has 4 N–H and O–H groups in total. The summed E-state index contributed by atoms with van der Waals surface area (Å²) in [6, 6.07) is 3.04. The number of urea groups is 1. The summed E-state index contributed by atoms with van der Waals surface area (Å²) < 4.78 is 47.5. The quantitative estimate of drug-likeness (QED) is 0.198. The van der Waals surface area contributed by atoms with Gasteiger partial charge in [0.1, 0.15) is 22.1 Å². The van der Waals surface area contributed by atoms with E-state index in [1.807, 2.05) is 13.8 Å². The third kappa shape index (κ3) is 6.32. The van der Waals surface area contributed by atoms with Gasteiger partial charge in [-0.25, -0.2) is 19.6 Å². The van der Waals surface area contributed by atoms with Crippen molar-refractivity contribution in [1.29, 1.82) is 0 Å². The highest BCUT2D eigenvalue weighted by Crippen LogP contribution is 2.42. The summed E-state index contributed by atoms with van der Waals surface area (Å²) in [5.74, 6) is -1.42. The van der Waals surface area contributed by atoms with E-state index < -0.39 is 40.9 Å². The van der Waals surface area contributed by atoms with Crippen LogP contribution in [0.25, 0.3) is 32.6 Å². The molecule has 0 aliphatic rings. The number of anilines is 1. The maximum atomic E-state index is 13.4. The van der Waals surface area contributed by atoms with E-state index in [1.165, 1.54) is 42.3 Å². The van der Waals surface area contributed by atoms with Crippen LogP contribution in [0.15, 0.2) is 40.8 Å². The predicted octanol–water partition coefficient (Wildman–Crippen LogP) is 5.24. The van der Waals surface area contributed by atoms with Crippen molar-refractivity contribution < 1.29 is 37.7 Å². The molecule has 0 bridgehead atoms. The first-order valence-corrected chi connectivity index (χ1v) is 13.9. The van der Waals surface area contributed by atoms with E-state index in [4.69, 9.17) is 4.74 Å². The number of benzene rings is 1. The molecule has 4 aromatic rings. The minimum Gasteiger partial charge on any atom is -0.496 e. The third-order valence-electron chi connectivity index (χ3n) is 6.70. The summed E-state index contributed by atoms with van der Waals surface area (Å²) in [5.41, 5.74) is -1.61. The fraction of sp³-hybridized carbons (Fsp3) is 0.321. The van der Waals surface area contributed by atoms with E-state index in [9.17, 15) is 37.8 Å². The SMILES string of the molecule is CCNC(=O)Nc1cc(-c2nc(C(F)(F)F)cs2)c(-c2cc3c(=O)c(C(=O)O)cn([C@H](CO)C(C)C)c3cc2OC)cn1. The number of carbonyl (C=O) groups excluding carboxylic acids is 1. The molecule has 4 rings (SSSR count). The highest BCUT2D eigenvalue weighted by Gasteiger charge is 2.34. The number of aliphatic hydroxyl groups is 1. The van der Waals surface area contributed by atoms with E-state index in [2.05, 4.69) is 20.6 Å². The minimum atomic E-state index is -4.71. The number of carboxylic acid groups (broad SMARTS) is 1. The lowest BCUT2D eigenvalue weighted by molar-refractivity contribution is -0.140. The van der Waals surface area contributed by atoms with E-state index in [1.54, 1.807) is 6.92 Å². The van der Waals surface area contributed by atoms with Gasteiger partial charge in [-0.3, -0.25) is 10.1 Å². The van der Waals surface area contributed by atoms with Gasteiger partial charge >= 0.3 is 18.2 Å². The number of thiazole rings is 1. The summed E-state index contributed by atoms with van der Waals surface area (Å²) in [6.07, 6.45) is -2.24. The van der Waals surface area contributed by atoms with Crippen molar-refractivity contribution in [3.8, 4) is 27.4 Å². The number of halogens is 3. The highest BCUT2D eigenvalue weighted by molar-refractivity contribution is 7.13. The fourth-order valence-corrected chi connectivity index (χ4v) is 5.42. The zero-order valence-corrected chi connectivity index (χ0v) is 24.3. The second-order valence-corrected chi connectivity index (χ2v) is 10.6. The third-order valence-corrected chi connectivity index (χ3v) is 7.57. The van der Waals surface area contributed by atoms with Gasteiger partial charge in [0.2, 0.25) is 5.43 Å². The molecular weight excluding hydrogens is 591 g/mol. The Bertz CT molecular complexity index is 1750. The summed E-state index contributed by atoms with van der Waals surface area (Å²) >= 11 is 0.716. The van der Waals surface area contributed by atoms with Crippen molar-refractivity contribution in [1.82, 2.24) is 19.9 Å². The molecule has 0 saturated carbocycles. The zero-order valence-electron chi connectivity index (χ0n) is 23.4. The van der Waals surface area contributed by atoms with Crippen LogP contribution in [0.5, 0.6) is 5.75 Å². The number of nitrogens with one attached hydrogen (secondary N) is 2. The first kappa shape index (κ1) is 31.4. The predicted molar refractivity (Wildman–Crippen MR) is 155 cm³/mol. The van der Waals surface area contributed by atoms with Crippen molar-refractivity contribution in [3.05, 3.63) is 57.5 Å². The molecule has 1 aromatic carbocycles. The van der Waals surface area contributed by atoms with Crippen molar-refractivity contribution in [2.24, 2.45) is 5.92 Å². The van der Waals surface area contributed by atoms with Gasteiger partial charge in [0.15, 0.2) is 5.69 Å². The van der Waals surface area contributed by atoms with Gasteiger partial charge < -0.3 is 24.8 Å². The Labute approximate surface area is 247 Å². The van der Waals surface area contributed by atoms with Crippen LogP contribution in [-0.4, -0.2) is 57.0 Å². The van der Waals surface area contributed by atoms with Crippen molar-refractivity contribution in [3.63, 3.8) is 0 Å². The standard InChI is InChI=1S/C28H28F3N5O6S/c1-5-32-27(41)35-23-7-15(25-34-22(12-43-25)28(29,30)31)17(9-33-23)14-6-16-19(8-21(14)42-4)36(20(11-37)13(2)3)10-18(24(16)38)26(39)40/h6-10,12-13,20,37H,5,11H2,1-4H3,(H,39,40)(H2,32,33,35,41)/t20-/m1/s1. The number of aromatic nitrogens is 3. The summed E-state index contributed by atoms with van der Waals surface area (Å²) in [4.78, 5) is 45.5. The van der Waals surface area contributed by atoms with Crippen LogP contribution in [0.3, 0.4) is 0 Å². The number of amides is 2. The van der Waals surface area contributed by atoms with Crippen molar-refractivity contribution >= 4 is 40.1 Å². The maximum Gasteiger partial charge on any atom is 0.434 e. The van der Waals surface area contributed by atoms with Gasteiger partial charge in [-0.15, -0.1) is 11.3 Å². The number of methoxy groups -OCH3 is 1. The molecule has 2 amide bonds. The van der Waals surface area contributed by atoms with Gasteiger partial charge in [0.05, 0.1) is 25.3 Å². The molecule has 0 aliphatic carbocycles. The van der Waals surface area contributed by atoms with E-state index >= 15 is 0 Å². The van der Waals surface area contributed by atoms with Crippen LogP contribution in [0.4, 0.5) is 23.8 Å². The molecular formula is C28H28F3N5O6S. The van der Waals surface area contributed by atoms with Crippen molar-refractivity contribution in [2.45, 2.75) is 33.0 Å². The average molecular weight is 620 g/mol. The summed E-state index contributed by atoms with van der Waals surface area (Å²) in [5, 5.41) is 25.7. The Morgan fingerprint density at radius 2 is 1.88 bits per heavy atom. The number of pyridine rings is 2. The smallest absolute Gasteiger partial charge is 0.434 e. The number of hydrogen-bond acceptors (Lipinski definition) is 8. The molecule has 1 atom stereocenters. The monoisotopic (exact) mass is 619 g/mol. The molecule has 0 radical (unpaired) electrons. The average Bonchev–Trinajstić information content (AvgIpc) is 3.45. The number of nitrogens with zero attached hydrogens (tertiary/aromatic N) is 3. The van der Waals surface area contributed by atoms with Gasteiger partial charge in [-0.05, 0) is 25.0 Å². The number of carbonyl (C=O) groups is 2. The van der Waals surface area contributed by atoms with E-state index in [-0.39, 0.29) is 56.7 Å². The second kappa shape index (κ2) is 12.4. The molecule has 0 unspecified atom stereocenters. The molecule has 15 heteroatoms. The number of fused-ring (bicyclic) bond motifs is 1. The molecule has 11 nitrogen and oxygen atoms in total. The molecule has 0 saturated heterocycles. The molecule has 228 valence electrons. The summed E-state index contributed by atoms with van der Waals surface area (Å²) in [6.45, 7) is 5.33. The van der Waals surface area contributed by atoms with Gasteiger partial charge in [-0.2, -0.15) is 13.2 Å².